The Morgan fingerprint density at radius 3 is 2.83 bits per heavy atom. The van der Waals surface area contributed by atoms with Gasteiger partial charge in [-0.15, -0.1) is 0 Å². The standard InChI is InChI=1S/C8H11B2NO/c1-2-3-6-4-5-8(9,10)11-7(6)12/h2-3,6H,4-5H2,1H3,(H,11,12)/b3-2-. The van der Waals surface area contributed by atoms with Gasteiger partial charge in [-0.2, -0.15) is 0 Å². The minimum Gasteiger partial charge on any atom is -0.367 e. The first-order chi connectivity index (χ1) is 5.55. The third-order valence-electron chi connectivity index (χ3n) is 1.99. The van der Waals surface area contributed by atoms with Gasteiger partial charge in [0.2, 0.25) is 5.91 Å². The number of nitrogens with one attached hydrogen (secondary N) is 1. The van der Waals surface area contributed by atoms with Gasteiger partial charge < -0.3 is 5.32 Å². The van der Waals surface area contributed by atoms with E-state index in [-0.39, 0.29) is 11.8 Å². The van der Waals surface area contributed by atoms with Crippen molar-refractivity contribution >= 4 is 21.6 Å². The molecule has 0 aliphatic carbocycles. The Bertz CT molecular complexity index is 213. The topological polar surface area (TPSA) is 29.1 Å². The molecule has 1 fully saturated rings. The maximum Gasteiger partial charge on any atom is 0.226 e. The van der Waals surface area contributed by atoms with Crippen molar-refractivity contribution < 1.29 is 4.79 Å². The van der Waals surface area contributed by atoms with Crippen molar-refractivity contribution in [2.75, 3.05) is 0 Å². The number of hydrogen-bond donors (Lipinski definition) is 1. The van der Waals surface area contributed by atoms with Crippen molar-refractivity contribution in [1.82, 2.24) is 5.32 Å². The minimum absolute atomic E-state index is 0.0600. The molecule has 1 saturated heterocycles. The SMILES string of the molecule is [B]C1([B])CCC(/C=C\C)C(=O)N1. The number of carbonyl (C=O) groups is 1. The van der Waals surface area contributed by atoms with Gasteiger partial charge in [0, 0.05) is 0 Å². The second-order valence-corrected chi connectivity index (χ2v) is 3.20. The van der Waals surface area contributed by atoms with Gasteiger partial charge in [0.05, 0.1) is 21.6 Å². The van der Waals surface area contributed by atoms with Gasteiger partial charge in [-0.3, -0.25) is 4.79 Å². The summed E-state index contributed by atoms with van der Waals surface area (Å²) in [4.78, 5) is 11.3. The predicted octanol–water partition coefficient (Wildman–Crippen LogP) is 0.0795. The van der Waals surface area contributed by atoms with Gasteiger partial charge in [-0.1, -0.05) is 12.2 Å². The van der Waals surface area contributed by atoms with E-state index < -0.39 is 5.34 Å². The summed E-state index contributed by atoms with van der Waals surface area (Å²) in [6.07, 6.45) is 5.08. The monoisotopic (exact) mass is 159 g/mol. The summed E-state index contributed by atoms with van der Waals surface area (Å²) in [6.45, 7) is 1.89. The van der Waals surface area contributed by atoms with E-state index in [1.807, 2.05) is 19.1 Å². The lowest BCUT2D eigenvalue weighted by Crippen LogP contribution is -2.55. The van der Waals surface area contributed by atoms with Crippen LogP contribution in [0.3, 0.4) is 0 Å². The average Bonchev–Trinajstić information content (AvgIpc) is 1.94. The van der Waals surface area contributed by atoms with Crippen molar-refractivity contribution in [3.63, 3.8) is 0 Å². The molecule has 0 spiro atoms. The molecular weight excluding hydrogens is 148 g/mol. The Morgan fingerprint density at radius 2 is 2.33 bits per heavy atom. The number of piperidine rings is 1. The van der Waals surface area contributed by atoms with Gasteiger partial charge in [0.15, 0.2) is 0 Å². The number of amides is 1. The summed E-state index contributed by atoms with van der Waals surface area (Å²) in [5.74, 6) is -0.139. The number of allylic oxidation sites excluding steroid dienone is 1. The van der Waals surface area contributed by atoms with E-state index in [0.717, 1.165) is 6.42 Å². The van der Waals surface area contributed by atoms with E-state index in [1.54, 1.807) is 0 Å². The Morgan fingerprint density at radius 1 is 1.67 bits per heavy atom. The highest BCUT2D eigenvalue weighted by molar-refractivity contribution is 6.41. The highest BCUT2D eigenvalue weighted by Crippen LogP contribution is 2.19. The molecule has 0 aromatic rings. The van der Waals surface area contributed by atoms with E-state index in [0.29, 0.717) is 6.42 Å². The zero-order chi connectivity index (χ0) is 9.19. The lowest BCUT2D eigenvalue weighted by molar-refractivity contribution is -0.125. The highest BCUT2D eigenvalue weighted by Gasteiger charge is 2.29. The molecule has 0 saturated carbocycles. The number of hydrogen-bond acceptors (Lipinski definition) is 1. The van der Waals surface area contributed by atoms with Gasteiger partial charge in [-0.25, -0.2) is 0 Å². The fourth-order valence-electron chi connectivity index (χ4n) is 1.33. The van der Waals surface area contributed by atoms with Crippen molar-refractivity contribution in [3.05, 3.63) is 12.2 Å². The zero-order valence-corrected chi connectivity index (χ0v) is 7.21. The Hall–Kier alpha value is -0.660. The molecule has 2 nitrogen and oxygen atoms in total. The van der Waals surface area contributed by atoms with Gasteiger partial charge in [0.25, 0.3) is 0 Å². The molecule has 1 amide bonds. The predicted molar refractivity (Wildman–Crippen MR) is 49.9 cm³/mol. The van der Waals surface area contributed by atoms with E-state index in [1.165, 1.54) is 0 Å². The summed E-state index contributed by atoms with van der Waals surface area (Å²) >= 11 is 0. The number of rotatable bonds is 1. The lowest BCUT2D eigenvalue weighted by atomic mass is 9.57. The van der Waals surface area contributed by atoms with Crippen LogP contribution in [0.4, 0.5) is 0 Å². The third kappa shape index (κ3) is 2.16. The van der Waals surface area contributed by atoms with E-state index in [2.05, 4.69) is 5.32 Å². The first kappa shape index (κ1) is 9.43. The molecule has 0 bridgehead atoms. The summed E-state index contributed by atoms with van der Waals surface area (Å²) in [7, 11) is 11.1. The third-order valence-corrected chi connectivity index (χ3v) is 1.99. The molecule has 0 aromatic carbocycles. The molecule has 1 aliphatic heterocycles. The van der Waals surface area contributed by atoms with Crippen LogP contribution in [-0.2, 0) is 4.79 Å². The van der Waals surface area contributed by atoms with Crippen molar-refractivity contribution in [2.45, 2.75) is 25.1 Å². The van der Waals surface area contributed by atoms with Crippen LogP contribution in [0.15, 0.2) is 12.2 Å². The molecule has 1 rings (SSSR count). The Labute approximate surface area is 75.6 Å². The van der Waals surface area contributed by atoms with E-state index >= 15 is 0 Å². The molecule has 0 aromatic heterocycles. The van der Waals surface area contributed by atoms with Crippen LogP contribution in [0, 0.1) is 5.92 Å². The molecule has 1 heterocycles. The van der Waals surface area contributed by atoms with Gasteiger partial charge in [-0.05, 0) is 25.1 Å². The molecular formula is C8H11B2NO. The second-order valence-electron chi connectivity index (χ2n) is 3.20. The summed E-state index contributed by atoms with van der Waals surface area (Å²) < 4.78 is 0. The normalized spacial score (nSPS) is 28.8. The maximum absolute atomic E-state index is 11.3. The first-order valence-corrected chi connectivity index (χ1v) is 4.08. The lowest BCUT2D eigenvalue weighted by Gasteiger charge is -2.35. The first-order valence-electron chi connectivity index (χ1n) is 4.08. The molecule has 1 atom stereocenters. The Kier molecular flexibility index (Phi) is 2.65. The maximum atomic E-state index is 11.3. The van der Waals surface area contributed by atoms with Crippen LogP contribution < -0.4 is 5.32 Å². The van der Waals surface area contributed by atoms with Crippen LogP contribution in [0.5, 0.6) is 0 Å². The van der Waals surface area contributed by atoms with Crippen molar-refractivity contribution in [1.29, 1.82) is 0 Å². The molecule has 4 heteroatoms. The van der Waals surface area contributed by atoms with Crippen LogP contribution >= 0.6 is 0 Å². The quantitative estimate of drug-likeness (QED) is 0.425. The summed E-state index contributed by atoms with van der Waals surface area (Å²) in [5, 5.41) is 1.55. The van der Waals surface area contributed by atoms with Gasteiger partial charge >= 0.3 is 0 Å². The van der Waals surface area contributed by atoms with Crippen molar-refractivity contribution in [3.8, 4) is 0 Å². The molecule has 12 heavy (non-hydrogen) atoms. The molecule has 1 aliphatic rings. The molecule has 1 unspecified atom stereocenters. The summed E-state index contributed by atoms with van der Waals surface area (Å²) in [6, 6.07) is 0. The fraction of sp³-hybridized carbons (Fsp3) is 0.625. The Balaban J connectivity index is 2.60. The molecule has 60 valence electrons. The fourth-order valence-corrected chi connectivity index (χ4v) is 1.33. The second kappa shape index (κ2) is 3.38. The molecule has 4 radical (unpaired) electrons. The van der Waals surface area contributed by atoms with Gasteiger partial charge in [0.1, 0.15) is 0 Å². The van der Waals surface area contributed by atoms with Crippen molar-refractivity contribution in [2.24, 2.45) is 5.92 Å². The van der Waals surface area contributed by atoms with Crippen LogP contribution in [-0.4, -0.2) is 26.9 Å². The van der Waals surface area contributed by atoms with Crippen LogP contribution in [0.2, 0.25) is 0 Å². The van der Waals surface area contributed by atoms with Crippen LogP contribution in [0.25, 0.3) is 0 Å². The highest BCUT2D eigenvalue weighted by atomic mass is 16.2. The number of carbonyl (C=O) groups excluding carboxylic acids is 1. The summed E-state index contributed by atoms with van der Waals surface area (Å²) in [5.41, 5.74) is 0. The van der Waals surface area contributed by atoms with E-state index in [4.69, 9.17) is 15.7 Å². The molecule has 1 N–H and O–H groups in total. The van der Waals surface area contributed by atoms with Crippen LogP contribution in [0.1, 0.15) is 19.8 Å². The average molecular weight is 159 g/mol. The smallest absolute Gasteiger partial charge is 0.226 e. The largest absolute Gasteiger partial charge is 0.367 e. The van der Waals surface area contributed by atoms with E-state index in [9.17, 15) is 4.79 Å². The zero-order valence-electron chi connectivity index (χ0n) is 7.21. The minimum atomic E-state index is -1.00.